The number of hydrogen-bond acceptors (Lipinski definition) is 1. The van der Waals surface area contributed by atoms with Crippen LogP contribution in [0.3, 0.4) is 0 Å². The maximum Gasteiger partial charge on any atom is 0.0957 e. The lowest BCUT2D eigenvalue weighted by molar-refractivity contribution is 0.370. The van der Waals surface area contributed by atoms with Gasteiger partial charge in [0.05, 0.1) is 5.84 Å². The van der Waals surface area contributed by atoms with E-state index in [1.54, 1.807) is 0 Å². The molecule has 1 aliphatic rings. The van der Waals surface area contributed by atoms with Crippen molar-refractivity contribution >= 4 is 17.4 Å². The Hall–Kier alpha value is -1.02. The summed E-state index contributed by atoms with van der Waals surface area (Å²) in [6.45, 7) is 2.01. The monoisotopic (exact) mass is 236 g/mol. The van der Waals surface area contributed by atoms with Gasteiger partial charge in [0.15, 0.2) is 0 Å². The average molecular weight is 237 g/mol. The van der Waals surface area contributed by atoms with Crippen LogP contribution in [0.1, 0.15) is 24.8 Å². The molecule has 1 N–H and O–H groups in total. The van der Waals surface area contributed by atoms with Crippen molar-refractivity contribution in [2.45, 2.75) is 25.7 Å². The van der Waals surface area contributed by atoms with Gasteiger partial charge in [0.1, 0.15) is 0 Å². The highest BCUT2D eigenvalue weighted by molar-refractivity contribution is 6.30. The van der Waals surface area contributed by atoms with Gasteiger partial charge in [0.2, 0.25) is 0 Å². The standard InChI is InChI=1S/C13H17ClN2/c14-12-6-4-11(5-7-12)8-10-16-9-2-1-3-13(16)15/h4-7,15H,1-3,8-10H2. The average Bonchev–Trinajstić information content (AvgIpc) is 2.30. The van der Waals surface area contributed by atoms with Gasteiger partial charge in [0, 0.05) is 24.5 Å². The first-order valence-electron chi connectivity index (χ1n) is 5.82. The van der Waals surface area contributed by atoms with Crippen LogP contribution in [0.15, 0.2) is 24.3 Å². The molecule has 16 heavy (non-hydrogen) atoms. The molecule has 0 unspecified atom stereocenters. The smallest absolute Gasteiger partial charge is 0.0957 e. The molecule has 0 bridgehead atoms. The van der Waals surface area contributed by atoms with Gasteiger partial charge in [0.25, 0.3) is 0 Å². The van der Waals surface area contributed by atoms with Crippen molar-refractivity contribution in [1.82, 2.24) is 4.90 Å². The molecule has 0 spiro atoms. The Morgan fingerprint density at radius 3 is 2.62 bits per heavy atom. The predicted molar refractivity (Wildman–Crippen MR) is 68.3 cm³/mol. The van der Waals surface area contributed by atoms with Gasteiger partial charge in [-0.15, -0.1) is 0 Å². The minimum Gasteiger partial charge on any atom is -0.360 e. The number of halogens is 1. The summed E-state index contributed by atoms with van der Waals surface area (Å²) in [5, 5.41) is 8.64. The number of hydrogen-bond donors (Lipinski definition) is 1. The molecule has 86 valence electrons. The van der Waals surface area contributed by atoms with Gasteiger partial charge >= 0.3 is 0 Å². The van der Waals surface area contributed by atoms with Crippen LogP contribution in [0.25, 0.3) is 0 Å². The van der Waals surface area contributed by atoms with Crippen LogP contribution < -0.4 is 0 Å². The van der Waals surface area contributed by atoms with E-state index in [1.807, 2.05) is 12.1 Å². The van der Waals surface area contributed by atoms with Crippen molar-refractivity contribution in [3.8, 4) is 0 Å². The lowest BCUT2D eigenvalue weighted by Crippen LogP contribution is -2.36. The summed E-state index contributed by atoms with van der Waals surface area (Å²) in [4.78, 5) is 2.19. The third-order valence-electron chi connectivity index (χ3n) is 3.06. The number of nitrogens with zero attached hydrogens (tertiary/aromatic N) is 1. The summed E-state index contributed by atoms with van der Waals surface area (Å²) in [7, 11) is 0. The van der Waals surface area contributed by atoms with Gasteiger partial charge in [-0.1, -0.05) is 23.7 Å². The van der Waals surface area contributed by atoms with Crippen molar-refractivity contribution in [2.75, 3.05) is 13.1 Å². The highest BCUT2D eigenvalue weighted by Gasteiger charge is 2.13. The molecule has 0 amide bonds. The zero-order valence-electron chi connectivity index (χ0n) is 9.38. The third-order valence-corrected chi connectivity index (χ3v) is 3.31. The van der Waals surface area contributed by atoms with Gasteiger partial charge < -0.3 is 4.90 Å². The number of amidine groups is 1. The lowest BCUT2D eigenvalue weighted by atomic mass is 10.1. The Labute approximate surface area is 102 Å². The number of nitrogens with one attached hydrogen (secondary N) is 1. The van der Waals surface area contributed by atoms with Crippen LogP contribution in [0.5, 0.6) is 0 Å². The molecule has 1 aromatic rings. The van der Waals surface area contributed by atoms with Crippen molar-refractivity contribution in [2.24, 2.45) is 0 Å². The Bertz CT molecular complexity index is 359. The Morgan fingerprint density at radius 1 is 1.19 bits per heavy atom. The Balaban J connectivity index is 1.86. The normalized spacial score (nSPS) is 16.6. The third kappa shape index (κ3) is 2.99. The fourth-order valence-corrected chi connectivity index (χ4v) is 2.18. The van der Waals surface area contributed by atoms with E-state index in [0.29, 0.717) is 0 Å². The van der Waals surface area contributed by atoms with Crippen molar-refractivity contribution in [1.29, 1.82) is 5.41 Å². The molecule has 0 aliphatic carbocycles. The van der Waals surface area contributed by atoms with Gasteiger partial charge in [-0.05, 0) is 37.0 Å². The second-order valence-electron chi connectivity index (χ2n) is 4.27. The zero-order valence-corrected chi connectivity index (χ0v) is 10.1. The van der Waals surface area contributed by atoms with Crippen LogP contribution in [0.2, 0.25) is 5.02 Å². The maximum atomic E-state index is 7.85. The second kappa shape index (κ2) is 5.35. The van der Waals surface area contributed by atoms with E-state index in [9.17, 15) is 0 Å². The molecule has 0 aromatic heterocycles. The summed E-state index contributed by atoms with van der Waals surface area (Å²) in [5.41, 5.74) is 1.29. The molecule has 0 saturated carbocycles. The van der Waals surface area contributed by atoms with Crippen molar-refractivity contribution < 1.29 is 0 Å². The first kappa shape index (κ1) is 11.5. The molecule has 1 saturated heterocycles. The SMILES string of the molecule is N=C1CCCCN1CCc1ccc(Cl)cc1. The van der Waals surface area contributed by atoms with E-state index in [2.05, 4.69) is 17.0 Å². The molecular weight excluding hydrogens is 220 g/mol. The molecular formula is C13H17ClN2. The summed E-state index contributed by atoms with van der Waals surface area (Å²) in [5.74, 6) is 0.806. The van der Waals surface area contributed by atoms with E-state index in [1.165, 1.54) is 18.4 Å². The first-order valence-corrected chi connectivity index (χ1v) is 6.20. The number of rotatable bonds is 3. The van der Waals surface area contributed by atoms with E-state index in [0.717, 1.165) is 36.8 Å². The van der Waals surface area contributed by atoms with Crippen LogP contribution in [0.4, 0.5) is 0 Å². The van der Waals surface area contributed by atoms with Crippen molar-refractivity contribution in [3.05, 3.63) is 34.9 Å². The highest BCUT2D eigenvalue weighted by atomic mass is 35.5. The molecule has 0 atom stereocenters. The van der Waals surface area contributed by atoms with Crippen LogP contribution in [-0.4, -0.2) is 23.8 Å². The molecule has 1 aliphatic heterocycles. The fourth-order valence-electron chi connectivity index (χ4n) is 2.05. The molecule has 3 heteroatoms. The Kier molecular flexibility index (Phi) is 3.83. The maximum absolute atomic E-state index is 7.85. The minimum atomic E-state index is 0.787. The molecule has 2 nitrogen and oxygen atoms in total. The summed E-state index contributed by atoms with van der Waals surface area (Å²) >= 11 is 5.84. The largest absolute Gasteiger partial charge is 0.360 e. The molecule has 1 fully saturated rings. The quantitative estimate of drug-likeness (QED) is 0.856. The van der Waals surface area contributed by atoms with E-state index < -0.39 is 0 Å². The van der Waals surface area contributed by atoms with E-state index in [-0.39, 0.29) is 0 Å². The Morgan fingerprint density at radius 2 is 1.94 bits per heavy atom. The molecule has 2 rings (SSSR count). The van der Waals surface area contributed by atoms with Crippen LogP contribution >= 0.6 is 11.6 Å². The van der Waals surface area contributed by atoms with Gasteiger partial charge in [-0.2, -0.15) is 0 Å². The van der Waals surface area contributed by atoms with Crippen LogP contribution in [0, 0.1) is 5.41 Å². The van der Waals surface area contributed by atoms with E-state index >= 15 is 0 Å². The lowest BCUT2D eigenvalue weighted by Gasteiger charge is -2.29. The first-order chi connectivity index (χ1) is 7.75. The number of benzene rings is 1. The molecule has 1 heterocycles. The summed E-state index contributed by atoms with van der Waals surface area (Å²) in [6.07, 6.45) is 4.35. The predicted octanol–water partition coefficient (Wildman–Crippen LogP) is 3.35. The number of likely N-dealkylation sites (tertiary alicyclic amines) is 1. The molecule has 1 aromatic carbocycles. The second-order valence-corrected chi connectivity index (χ2v) is 4.70. The summed E-state index contributed by atoms with van der Waals surface area (Å²) < 4.78 is 0. The topological polar surface area (TPSA) is 27.1 Å². The zero-order chi connectivity index (χ0) is 11.4. The van der Waals surface area contributed by atoms with Gasteiger partial charge in [-0.3, -0.25) is 5.41 Å². The van der Waals surface area contributed by atoms with Gasteiger partial charge in [-0.25, -0.2) is 0 Å². The highest BCUT2D eigenvalue weighted by Crippen LogP contribution is 2.13. The van der Waals surface area contributed by atoms with E-state index in [4.69, 9.17) is 17.0 Å². The minimum absolute atomic E-state index is 0.787. The number of piperidine rings is 1. The van der Waals surface area contributed by atoms with Crippen molar-refractivity contribution in [3.63, 3.8) is 0 Å². The fraction of sp³-hybridized carbons (Fsp3) is 0.462. The van der Waals surface area contributed by atoms with Crippen LogP contribution in [-0.2, 0) is 6.42 Å². The summed E-state index contributed by atoms with van der Waals surface area (Å²) in [6, 6.07) is 7.99. The molecule has 0 radical (unpaired) electrons.